The summed E-state index contributed by atoms with van der Waals surface area (Å²) in [5, 5.41) is 4.41. The summed E-state index contributed by atoms with van der Waals surface area (Å²) in [4.78, 5) is 26.5. The summed E-state index contributed by atoms with van der Waals surface area (Å²) in [7, 11) is 0. The van der Waals surface area contributed by atoms with Gasteiger partial charge in [0.25, 0.3) is 5.91 Å². The topological polar surface area (TPSA) is 59.6 Å². The van der Waals surface area contributed by atoms with Gasteiger partial charge in [-0.1, -0.05) is 0 Å². The SMILES string of the molecule is CC(=O)n1ccc2c1CCN(C(=O)c1cc3ccc(Br)cn3n1)C2C. The molecule has 0 N–H and O–H groups in total. The molecule has 4 rings (SSSR count). The first-order valence-electron chi connectivity index (χ1n) is 8.12. The van der Waals surface area contributed by atoms with Gasteiger partial charge in [-0.3, -0.25) is 14.2 Å². The summed E-state index contributed by atoms with van der Waals surface area (Å²) in [6.07, 6.45) is 4.29. The zero-order valence-electron chi connectivity index (χ0n) is 13.9. The number of amides is 1. The second kappa shape index (κ2) is 5.84. The third kappa shape index (κ3) is 2.59. The van der Waals surface area contributed by atoms with Gasteiger partial charge < -0.3 is 4.90 Å². The average molecular weight is 401 g/mol. The molecule has 0 aliphatic carbocycles. The largest absolute Gasteiger partial charge is 0.330 e. The van der Waals surface area contributed by atoms with Crippen LogP contribution in [0.2, 0.25) is 0 Å². The molecule has 1 aliphatic heterocycles. The standard InChI is InChI=1S/C18H17BrN4O2/c1-11-15-5-7-22(12(2)24)17(15)6-8-21(11)18(25)16-9-14-4-3-13(19)10-23(14)20-16/h3-5,7,9-11H,6,8H2,1-2H3. The average Bonchev–Trinajstić information content (AvgIpc) is 3.18. The number of carbonyl (C=O) groups excluding carboxylic acids is 2. The van der Waals surface area contributed by atoms with E-state index in [0.717, 1.165) is 21.2 Å². The summed E-state index contributed by atoms with van der Waals surface area (Å²) in [6, 6.07) is 7.48. The van der Waals surface area contributed by atoms with Crippen LogP contribution in [0.1, 0.15) is 46.4 Å². The molecule has 0 aromatic carbocycles. The molecule has 1 unspecified atom stereocenters. The zero-order chi connectivity index (χ0) is 17.7. The normalized spacial score (nSPS) is 16.9. The molecule has 0 radical (unpaired) electrons. The molecule has 4 heterocycles. The van der Waals surface area contributed by atoms with E-state index in [1.807, 2.05) is 36.2 Å². The van der Waals surface area contributed by atoms with Gasteiger partial charge in [-0.25, -0.2) is 4.52 Å². The lowest BCUT2D eigenvalue weighted by atomic mass is 9.99. The smallest absolute Gasteiger partial charge is 0.274 e. The molecule has 25 heavy (non-hydrogen) atoms. The van der Waals surface area contributed by atoms with Crippen molar-refractivity contribution in [3.8, 4) is 0 Å². The molecule has 0 fully saturated rings. The van der Waals surface area contributed by atoms with Gasteiger partial charge in [-0.05, 0) is 52.7 Å². The maximum atomic E-state index is 13.0. The number of carbonyl (C=O) groups is 2. The molecule has 0 saturated heterocycles. The van der Waals surface area contributed by atoms with Gasteiger partial charge in [-0.2, -0.15) is 5.10 Å². The Labute approximate surface area is 153 Å². The Balaban J connectivity index is 1.66. The Hall–Kier alpha value is -2.41. The van der Waals surface area contributed by atoms with E-state index in [1.54, 1.807) is 28.3 Å². The number of pyridine rings is 1. The molecule has 0 saturated carbocycles. The van der Waals surface area contributed by atoms with Crippen molar-refractivity contribution < 1.29 is 9.59 Å². The van der Waals surface area contributed by atoms with Crippen LogP contribution in [0.5, 0.6) is 0 Å². The molecule has 1 amide bonds. The molecule has 6 nitrogen and oxygen atoms in total. The van der Waals surface area contributed by atoms with Gasteiger partial charge in [0, 0.05) is 42.4 Å². The number of nitrogens with zero attached hydrogens (tertiary/aromatic N) is 4. The van der Waals surface area contributed by atoms with Gasteiger partial charge in [-0.15, -0.1) is 0 Å². The Bertz CT molecular complexity index is 1000. The number of aromatic nitrogens is 3. The van der Waals surface area contributed by atoms with Crippen LogP contribution in [0.3, 0.4) is 0 Å². The molecule has 3 aromatic heterocycles. The number of halogens is 1. The van der Waals surface area contributed by atoms with Crippen LogP contribution in [0.25, 0.3) is 5.52 Å². The van der Waals surface area contributed by atoms with Crippen molar-refractivity contribution >= 4 is 33.3 Å². The van der Waals surface area contributed by atoms with Gasteiger partial charge in [0.1, 0.15) is 0 Å². The molecule has 128 valence electrons. The zero-order valence-corrected chi connectivity index (χ0v) is 15.5. The van der Waals surface area contributed by atoms with E-state index in [2.05, 4.69) is 21.0 Å². The van der Waals surface area contributed by atoms with Crippen molar-refractivity contribution in [3.63, 3.8) is 0 Å². The predicted octanol–water partition coefficient (Wildman–Crippen LogP) is 3.32. The lowest BCUT2D eigenvalue weighted by Crippen LogP contribution is -2.39. The van der Waals surface area contributed by atoms with Crippen molar-refractivity contribution in [2.75, 3.05) is 6.54 Å². The maximum Gasteiger partial charge on any atom is 0.274 e. The number of rotatable bonds is 1. The van der Waals surface area contributed by atoms with Crippen LogP contribution < -0.4 is 0 Å². The molecule has 1 atom stereocenters. The predicted molar refractivity (Wildman–Crippen MR) is 96.8 cm³/mol. The molecule has 7 heteroatoms. The first kappa shape index (κ1) is 16.1. The second-order valence-corrected chi connectivity index (χ2v) is 7.19. The lowest BCUT2D eigenvalue weighted by molar-refractivity contribution is 0.0669. The summed E-state index contributed by atoms with van der Waals surface area (Å²) in [5.41, 5.74) is 3.34. The summed E-state index contributed by atoms with van der Waals surface area (Å²) < 4.78 is 4.28. The van der Waals surface area contributed by atoms with E-state index >= 15 is 0 Å². The minimum atomic E-state index is -0.0894. The van der Waals surface area contributed by atoms with Crippen LogP contribution in [0.4, 0.5) is 0 Å². The summed E-state index contributed by atoms with van der Waals surface area (Å²) in [5.74, 6) is -0.0901. The molecular weight excluding hydrogens is 384 g/mol. The summed E-state index contributed by atoms with van der Waals surface area (Å²) in [6.45, 7) is 4.12. The molecule has 0 bridgehead atoms. The lowest BCUT2D eigenvalue weighted by Gasteiger charge is -2.33. The van der Waals surface area contributed by atoms with Crippen LogP contribution in [0, 0.1) is 0 Å². The van der Waals surface area contributed by atoms with E-state index in [4.69, 9.17) is 0 Å². The highest BCUT2D eigenvalue weighted by atomic mass is 79.9. The summed E-state index contributed by atoms with van der Waals surface area (Å²) >= 11 is 3.41. The van der Waals surface area contributed by atoms with E-state index in [0.29, 0.717) is 18.7 Å². The number of hydrogen-bond donors (Lipinski definition) is 0. The van der Waals surface area contributed by atoms with Gasteiger partial charge in [0.15, 0.2) is 5.69 Å². The van der Waals surface area contributed by atoms with Crippen molar-refractivity contribution in [2.45, 2.75) is 26.3 Å². The Morgan fingerprint density at radius 1 is 1.28 bits per heavy atom. The van der Waals surface area contributed by atoms with Gasteiger partial charge in [0.05, 0.1) is 11.6 Å². The highest BCUT2D eigenvalue weighted by molar-refractivity contribution is 9.10. The van der Waals surface area contributed by atoms with Crippen LogP contribution in [-0.4, -0.2) is 37.4 Å². The Morgan fingerprint density at radius 2 is 2.08 bits per heavy atom. The molecule has 3 aromatic rings. The third-order valence-corrected chi connectivity index (χ3v) is 5.25. The third-order valence-electron chi connectivity index (χ3n) is 4.78. The number of hydrogen-bond acceptors (Lipinski definition) is 3. The minimum Gasteiger partial charge on any atom is -0.330 e. The Kier molecular flexibility index (Phi) is 3.76. The van der Waals surface area contributed by atoms with Crippen LogP contribution in [0.15, 0.2) is 41.1 Å². The quantitative estimate of drug-likeness (QED) is 0.629. The Morgan fingerprint density at radius 3 is 2.84 bits per heavy atom. The van der Waals surface area contributed by atoms with Gasteiger partial charge >= 0.3 is 0 Å². The van der Waals surface area contributed by atoms with Crippen molar-refractivity contribution in [1.29, 1.82) is 0 Å². The first-order valence-corrected chi connectivity index (χ1v) is 8.92. The highest BCUT2D eigenvalue weighted by Crippen LogP contribution is 2.31. The van der Waals surface area contributed by atoms with E-state index in [9.17, 15) is 9.59 Å². The van der Waals surface area contributed by atoms with Crippen LogP contribution >= 0.6 is 15.9 Å². The fourth-order valence-corrected chi connectivity index (χ4v) is 3.82. The first-order chi connectivity index (χ1) is 12.0. The minimum absolute atomic E-state index is 0.000783. The van der Waals surface area contributed by atoms with Crippen molar-refractivity contribution in [1.82, 2.24) is 19.1 Å². The monoisotopic (exact) mass is 400 g/mol. The molecule has 1 aliphatic rings. The van der Waals surface area contributed by atoms with E-state index in [-0.39, 0.29) is 17.9 Å². The highest BCUT2D eigenvalue weighted by Gasteiger charge is 2.31. The second-order valence-electron chi connectivity index (χ2n) is 6.28. The van der Waals surface area contributed by atoms with Gasteiger partial charge in [0.2, 0.25) is 5.91 Å². The molecular formula is C18H17BrN4O2. The fourth-order valence-electron chi connectivity index (χ4n) is 3.50. The van der Waals surface area contributed by atoms with E-state index < -0.39 is 0 Å². The van der Waals surface area contributed by atoms with Crippen molar-refractivity contribution in [3.05, 3.63) is 58.1 Å². The number of fused-ring (bicyclic) bond motifs is 2. The maximum absolute atomic E-state index is 13.0. The molecule has 0 spiro atoms. The van der Waals surface area contributed by atoms with Crippen molar-refractivity contribution in [2.24, 2.45) is 0 Å². The fraction of sp³-hybridized carbons (Fsp3) is 0.278. The van der Waals surface area contributed by atoms with Crippen LogP contribution in [-0.2, 0) is 6.42 Å². The van der Waals surface area contributed by atoms with E-state index in [1.165, 1.54) is 0 Å².